The maximum atomic E-state index is 5.95. The maximum absolute atomic E-state index is 5.95. The molecule has 5 rings (SSSR count). The Labute approximate surface area is 191 Å². The van der Waals surface area contributed by atoms with Crippen molar-refractivity contribution >= 4 is 0 Å². The summed E-state index contributed by atoms with van der Waals surface area (Å²) in [5.74, 6) is 4.50. The minimum absolute atomic E-state index is 0.471. The third-order valence-electron chi connectivity index (χ3n) is 5.01. The van der Waals surface area contributed by atoms with E-state index in [1.54, 1.807) is 6.20 Å². The van der Waals surface area contributed by atoms with Gasteiger partial charge in [0.05, 0.1) is 0 Å². The average Bonchev–Trinajstić information content (AvgIpc) is 2.90. The first kappa shape index (κ1) is 20.1. The van der Waals surface area contributed by atoms with E-state index < -0.39 is 0 Å². The molecule has 0 bridgehead atoms. The molecule has 0 unspecified atom stereocenters. The molecule has 5 heteroatoms. The lowest BCUT2D eigenvalue weighted by atomic mass is 10.0. The number of aromatic nitrogens is 4. The largest absolute Gasteiger partial charge is 0.457 e. The van der Waals surface area contributed by atoms with Gasteiger partial charge in [0.15, 0.2) is 0 Å². The van der Waals surface area contributed by atoms with E-state index in [1.165, 1.54) is 0 Å². The van der Waals surface area contributed by atoms with Crippen molar-refractivity contribution in [3.05, 3.63) is 109 Å². The van der Waals surface area contributed by atoms with E-state index in [0.29, 0.717) is 28.7 Å². The standard InChI is InChI=1S/C28H18N4O/c1-2-20-11-15-23(16-12-20)33-24-17-13-22(14-18-24)26-27(21-8-4-3-5-9-21)31-32-28(30-26)25-10-6-7-19-29-25/h1,3-19H. The van der Waals surface area contributed by atoms with Crippen molar-refractivity contribution in [1.29, 1.82) is 0 Å². The van der Waals surface area contributed by atoms with Crippen LogP contribution in [0.3, 0.4) is 0 Å². The second-order valence-electron chi connectivity index (χ2n) is 7.21. The van der Waals surface area contributed by atoms with Crippen molar-refractivity contribution in [3.63, 3.8) is 0 Å². The number of hydrogen-bond acceptors (Lipinski definition) is 5. The van der Waals surface area contributed by atoms with Gasteiger partial charge in [0.2, 0.25) is 5.82 Å². The highest BCUT2D eigenvalue weighted by atomic mass is 16.5. The van der Waals surface area contributed by atoms with Gasteiger partial charge in [-0.25, -0.2) is 4.98 Å². The molecule has 0 aliphatic carbocycles. The predicted molar refractivity (Wildman–Crippen MR) is 128 cm³/mol. The Morgan fingerprint density at radius 3 is 1.97 bits per heavy atom. The van der Waals surface area contributed by atoms with Gasteiger partial charge in [0.25, 0.3) is 0 Å². The van der Waals surface area contributed by atoms with E-state index in [9.17, 15) is 0 Å². The lowest BCUT2D eigenvalue weighted by Crippen LogP contribution is -2.01. The lowest BCUT2D eigenvalue weighted by Gasteiger charge is -2.11. The molecule has 0 aliphatic heterocycles. The van der Waals surface area contributed by atoms with E-state index in [2.05, 4.69) is 21.1 Å². The highest BCUT2D eigenvalue weighted by molar-refractivity contribution is 5.78. The zero-order valence-corrected chi connectivity index (χ0v) is 17.6. The summed E-state index contributed by atoms with van der Waals surface area (Å²) in [4.78, 5) is 9.19. The molecule has 33 heavy (non-hydrogen) atoms. The number of rotatable bonds is 5. The minimum atomic E-state index is 0.471. The highest BCUT2D eigenvalue weighted by Gasteiger charge is 2.15. The van der Waals surface area contributed by atoms with E-state index in [1.807, 2.05) is 97.1 Å². The van der Waals surface area contributed by atoms with Crippen LogP contribution in [-0.4, -0.2) is 20.2 Å². The fourth-order valence-corrected chi connectivity index (χ4v) is 3.36. The van der Waals surface area contributed by atoms with Crippen LogP contribution in [0, 0.1) is 12.3 Å². The third kappa shape index (κ3) is 4.46. The molecule has 5 nitrogen and oxygen atoms in total. The normalized spacial score (nSPS) is 10.4. The van der Waals surface area contributed by atoms with Crippen LogP contribution in [0.2, 0.25) is 0 Å². The van der Waals surface area contributed by atoms with Crippen LogP contribution < -0.4 is 4.74 Å². The van der Waals surface area contributed by atoms with Crippen molar-refractivity contribution in [2.45, 2.75) is 0 Å². The summed E-state index contributed by atoms with van der Waals surface area (Å²) in [5, 5.41) is 8.84. The van der Waals surface area contributed by atoms with Gasteiger partial charge >= 0.3 is 0 Å². The molecule has 5 aromatic rings. The number of nitrogens with zero attached hydrogens (tertiary/aromatic N) is 4. The number of benzene rings is 3. The van der Waals surface area contributed by atoms with Gasteiger partial charge in [-0.15, -0.1) is 16.6 Å². The Balaban J connectivity index is 1.51. The predicted octanol–water partition coefficient (Wildman–Crippen LogP) is 6.04. The SMILES string of the molecule is C#Cc1ccc(Oc2ccc(-c3nc(-c4ccccn4)nnc3-c3ccccc3)cc2)cc1. The second kappa shape index (κ2) is 9.13. The molecule has 0 amide bonds. The molecule has 3 aromatic carbocycles. The van der Waals surface area contributed by atoms with Crippen LogP contribution in [0.4, 0.5) is 0 Å². The summed E-state index contributed by atoms with van der Waals surface area (Å²) >= 11 is 0. The van der Waals surface area contributed by atoms with E-state index in [-0.39, 0.29) is 0 Å². The van der Waals surface area contributed by atoms with Gasteiger partial charge in [-0.1, -0.05) is 42.3 Å². The van der Waals surface area contributed by atoms with Crippen LogP contribution in [0.15, 0.2) is 103 Å². The number of pyridine rings is 1. The van der Waals surface area contributed by atoms with Crippen molar-refractivity contribution in [2.24, 2.45) is 0 Å². The fourth-order valence-electron chi connectivity index (χ4n) is 3.36. The van der Waals surface area contributed by atoms with Crippen LogP contribution in [0.5, 0.6) is 11.5 Å². The van der Waals surface area contributed by atoms with Crippen molar-refractivity contribution < 1.29 is 4.74 Å². The Morgan fingerprint density at radius 1 is 0.636 bits per heavy atom. The van der Waals surface area contributed by atoms with Gasteiger partial charge in [0, 0.05) is 22.9 Å². The van der Waals surface area contributed by atoms with Crippen LogP contribution in [0.1, 0.15) is 5.56 Å². The van der Waals surface area contributed by atoms with E-state index in [4.69, 9.17) is 16.1 Å². The first-order valence-electron chi connectivity index (χ1n) is 10.4. The average molecular weight is 426 g/mol. The number of ether oxygens (including phenoxy) is 1. The first-order valence-corrected chi connectivity index (χ1v) is 10.4. The molecule has 0 saturated heterocycles. The summed E-state index contributed by atoms with van der Waals surface area (Å²) in [6.45, 7) is 0. The zero-order chi connectivity index (χ0) is 22.5. The van der Waals surface area contributed by atoms with E-state index >= 15 is 0 Å². The minimum Gasteiger partial charge on any atom is -0.457 e. The van der Waals surface area contributed by atoms with Crippen LogP contribution in [-0.2, 0) is 0 Å². The van der Waals surface area contributed by atoms with Crippen molar-refractivity contribution in [1.82, 2.24) is 20.2 Å². The summed E-state index contributed by atoms with van der Waals surface area (Å²) < 4.78 is 5.95. The summed E-state index contributed by atoms with van der Waals surface area (Å²) in [5.41, 5.74) is 4.74. The molecular weight excluding hydrogens is 408 g/mol. The highest BCUT2D eigenvalue weighted by Crippen LogP contribution is 2.31. The number of hydrogen-bond donors (Lipinski definition) is 0. The molecule has 0 aliphatic rings. The molecule has 0 saturated carbocycles. The van der Waals surface area contributed by atoms with Gasteiger partial charge in [-0.2, -0.15) is 0 Å². The molecule has 2 heterocycles. The fraction of sp³-hybridized carbons (Fsp3) is 0. The van der Waals surface area contributed by atoms with Crippen LogP contribution >= 0.6 is 0 Å². The molecule has 0 spiro atoms. The third-order valence-corrected chi connectivity index (χ3v) is 5.01. The summed E-state index contributed by atoms with van der Waals surface area (Å²) in [6.07, 6.45) is 7.13. The summed E-state index contributed by atoms with van der Waals surface area (Å²) in [7, 11) is 0. The summed E-state index contributed by atoms with van der Waals surface area (Å²) in [6, 6.07) is 30.6. The molecule has 0 N–H and O–H groups in total. The first-order chi connectivity index (χ1) is 16.3. The Hall–Kier alpha value is -4.82. The second-order valence-corrected chi connectivity index (χ2v) is 7.21. The molecule has 0 fully saturated rings. The quantitative estimate of drug-likeness (QED) is 0.321. The monoisotopic (exact) mass is 426 g/mol. The topological polar surface area (TPSA) is 60.8 Å². The van der Waals surface area contributed by atoms with Crippen LogP contribution in [0.25, 0.3) is 34.0 Å². The van der Waals surface area contributed by atoms with Gasteiger partial charge < -0.3 is 4.74 Å². The number of terminal acetylenes is 1. The van der Waals surface area contributed by atoms with Crippen molar-refractivity contribution in [3.8, 4) is 57.9 Å². The molecule has 156 valence electrons. The van der Waals surface area contributed by atoms with Crippen molar-refractivity contribution in [2.75, 3.05) is 0 Å². The van der Waals surface area contributed by atoms with E-state index in [0.717, 1.165) is 22.4 Å². The Kier molecular flexibility index (Phi) is 5.56. The molecule has 0 atom stereocenters. The molecule has 0 radical (unpaired) electrons. The van der Waals surface area contributed by atoms with Gasteiger partial charge in [-0.05, 0) is 60.7 Å². The Morgan fingerprint density at radius 2 is 1.30 bits per heavy atom. The zero-order valence-electron chi connectivity index (χ0n) is 17.6. The Bertz CT molecular complexity index is 1410. The maximum Gasteiger partial charge on any atom is 0.201 e. The smallest absolute Gasteiger partial charge is 0.201 e. The molecule has 2 aromatic heterocycles. The van der Waals surface area contributed by atoms with Gasteiger partial charge in [0.1, 0.15) is 28.6 Å². The molecular formula is C28H18N4O. The lowest BCUT2D eigenvalue weighted by molar-refractivity contribution is 0.482. The van der Waals surface area contributed by atoms with Gasteiger partial charge in [-0.3, -0.25) is 4.98 Å².